The van der Waals surface area contributed by atoms with Gasteiger partial charge in [0.1, 0.15) is 6.54 Å². The van der Waals surface area contributed by atoms with Crippen LogP contribution in [0.25, 0.3) is 11.3 Å². The summed E-state index contributed by atoms with van der Waals surface area (Å²) in [5.74, 6) is -0.332. The molecule has 7 heteroatoms. The van der Waals surface area contributed by atoms with Gasteiger partial charge in [0.25, 0.3) is 0 Å². The van der Waals surface area contributed by atoms with E-state index in [1.165, 1.54) is 4.90 Å². The summed E-state index contributed by atoms with van der Waals surface area (Å²) in [4.78, 5) is 25.5. The number of aromatic nitrogens is 2. The highest BCUT2D eigenvalue weighted by Gasteiger charge is 2.18. The van der Waals surface area contributed by atoms with E-state index in [9.17, 15) is 9.59 Å². The molecule has 0 aromatic carbocycles. The molecule has 0 aliphatic rings. The lowest BCUT2D eigenvalue weighted by molar-refractivity contribution is -0.135. The van der Waals surface area contributed by atoms with E-state index < -0.39 is 0 Å². The highest BCUT2D eigenvalue weighted by atomic mass is 32.1. The number of thiophene rings is 1. The third-order valence-corrected chi connectivity index (χ3v) is 3.76. The van der Waals surface area contributed by atoms with Crippen LogP contribution in [-0.4, -0.2) is 45.6 Å². The normalized spacial score (nSPS) is 11.3. The summed E-state index contributed by atoms with van der Waals surface area (Å²) in [6.07, 6.45) is 1.77. The summed E-state index contributed by atoms with van der Waals surface area (Å²) < 4.78 is 1.59. The first kappa shape index (κ1) is 17.2. The molecule has 2 aromatic heterocycles. The minimum atomic E-state index is -0.307. The fraction of sp³-hybridized carbons (Fsp3) is 0.438. The number of hydrogen-bond acceptors (Lipinski definition) is 4. The number of likely N-dealkylation sites (N-methyl/N-ethyl adjacent to an activating group) is 1. The van der Waals surface area contributed by atoms with Crippen molar-refractivity contribution in [3.8, 4) is 11.3 Å². The Morgan fingerprint density at radius 3 is 2.70 bits per heavy atom. The molecule has 2 aromatic rings. The van der Waals surface area contributed by atoms with E-state index in [1.54, 1.807) is 29.3 Å². The van der Waals surface area contributed by atoms with Crippen molar-refractivity contribution in [1.29, 1.82) is 0 Å². The van der Waals surface area contributed by atoms with Gasteiger partial charge in [0, 0.05) is 29.7 Å². The molecule has 0 aliphatic heterocycles. The lowest BCUT2D eigenvalue weighted by Gasteiger charge is -2.23. The Labute approximate surface area is 140 Å². The standard InChI is InChI=1S/C16H22N4O2S/c1-16(2,3)17-14(21)9-19(4)15(22)10-20-7-5-13(18-20)12-6-8-23-11-12/h5-8,11H,9-10H2,1-4H3,(H,17,21). The van der Waals surface area contributed by atoms with Crippen molar-refractivity contribution in [3.63, 3.8) is 0 Å². The first-order valence-corrected chi connectivity index (χ1v) is 8.30. The number of nitrogens with zero attached hydrogens (tertiary/aromatic N) is 3. The second kappa shape index (κ2) is 6.95. The number of rotatable bonds is 5. The van der Waals surface area contributed by atoms with Crippen molar-refractivity contribution in [2.45, 2.75) is 32.9 Å². The third-order valence-electron chi connectivity index (χ3n) is 3.08. The van der Waals surface area contributed by atoms with Crippen LogP contribution in [0, 0.1) is 0 Å². The predicted molar refractivity (Wildman–Crippen MR) is 91.1 cm³/mol. The summed E-state index contributed by atoms with van der Waals surface area (Å²) in [5, 5.41) is 11.2. The first-order chi connectivity index (χ1) is 10.7. The van der Waals surface area contributed by atoms with Crippen LogP contribution in [0.5, 0.6) is 0 Å². The Hall–Kier alpha value is -2.15. The van der Waals surface area contributed by atoms with Gasteiger partial charge < -0.3 is 10.2 Å². The smallest absolute Gasteiger partial charge is 0.244 e. The maximum atomic E-state index is 12.2. The van der Waals surface area contributed by atoms with E-state index in [2.05, 4.69) is 10.4 Å². The summed E-state index contributed by atoms with van der Waals surface area (Å²) in [6, 6.07) is 3.86. The zero-order chi connectivity index (χ0) is 17.0. The van der Waals surface area contributed by atoms with Gasteiger partial charge in [-0.1, -0.05) is 0 Å². The Morgan fingerprint density at radius 2 is 2.09 bits per heavy atom. The van der Waals surface area contributed by atoms with Crippen LogP contribution >= 0.6 is 11.3 Å². The molecule has 0 spiro atoms. The molecule has 0 fully saturated rings. The van der Waals surface area contributed by atoms with Gasteiger partial charge in [-0.25, -0.2) is 0 Å². The highest BCUT2D eigenvalue weighted by Crippen LogP contribution is 2.19. The molecule has 0 saturated heterocycles. The van der Waals surface area contributed by atoms with Crippen LogP contribution in [0.2, 0.25) is 0 Å². The van der Waals surface area contributed by atoms with Crippen molar-refractivity contribution in [1.82, 2.24) is 20.0 Å². The van der Waals surface area contributed by atoms with Crippen LogP contribution in [0.4, 0.5) is 0 Å². The second-order valence-corrected chi connectivity index (χ2v) is 7.24. The van der Waals surface area contributed by atoms with E-state index in [1.807, 2.05) is 43.7 Å². The minimum absolute atomic E-state index is 0.0365. The monoisotopic (exact) mass is 334 g/mol. The minimum Gasteiger partial charge on any atom is -0.350 e. The van der Waals surface area contributed by atoms with Crippen LogP contribution in [0.3, 0.4) is 0 Å². The van der Waals surface area contributed by atoms with Gasteiger partial charge in [-0.15, -0.1) is 0 Å². The quantitative estimate of drug-likeness (QED) is 0.909. The second-order valence-electron chi connectivity index (χ2n) is 6.46. The zero-order valence-corrected chi connectivity index (χ0v) is 14.7. The molecular formula is C16H22N4O2S. The molecule has 23 heavy (non-hydrogen) atoms. The maximum Gasteiger partial charge on any atom is 0.244 e. The molecule has 6 nitrogen and oxygen atoms in total. The van der Waals surface area contributed by atoms with Gasteiger partial charge in [0.05, 0.1) is 12.2 Å². The van der Waals surface area contributed by atoms with Gasteiger partial charge in [0.2, 0.25) is 11.8 Å². The molecule has 0 atom stereocenters. The highest BCUT2D eigenvalue weighted by molar-refractivity contribution is 7.08. The number of nitrogens with one attached hydrogen (secondary N) is 1. The van der Waals surface area contributed by atoms with Gasteiger partial charge >= 0.3 is 0 Å². The molecule has 0 bridgehead atoms. The van der Waals surface area contributed by atoms with E-state index in [-0.39, 0.29) is 30.4 Å². The molecule has 0 radical (unpaired) electrons. The van der Waals surface area contributed by atoms with Crippen molar-refractivity contribution < 1.29 is 9.59 Å². The Kier molecular flexibility index (Phi) is 5.20. The SMILES string of the molecule is CN(CC(=O)NC(C)(C)C)C(=O)Cn1ccc(-c2ccsc2)n1. The molecular weight excluding hydrogens is 312 g/mol. The molecule has 0 saturated carbocycles. The number of hydrogen-bond donors (Lipinski definition) is 1. The first-order valence-electron chi connectivity index (χ1n) is 7.35. The van der Waals surface area contributed by atoms with Crippen molar-refractivity contribution >= 4 is 23.2 Å². The van der Waals surface area contributed by atoms with Crippen LogP contribution < -0.4 is 5.32 Å². The van der Waals surface area contributed by atoms with Crippen molar-refractivity contribution in [2.75, 3.05) is 13.6 Å². The number of amides is 2. The molecule has 0 aliphatic carbocycles. The molecule has 2 rings (SSSR count). The van der Waals surface area contributed by atoms with Gasteiger partial charge in [-0.05, 0) is 38.3 Å². The lowest BCUT2D eigenvalue weighted by atomic mass is 10.1. The molecule has 124 valence electrons. The largest absolute Gasteiger partial charge is 0.350 e. The molecule has 2 amide bonds. The maximum absolute atomic E-state index is 12.2. The van der Waals surface area contributed by atoms with E-state index in [0.717, 1.165) is 11.3 Å². The summed E-state index contributed by atoms with van der Waals surface area (Å²) >= 11 is 1.60. The van der Waals surface area contributed by atoms with Gasteiger partial charge in [-0.3, -0.25) is 14.3 Å². The Bertz CT molecular complexity index is 671. The molecule has 0 unspecified atom stereocenters. The summed E-state index contributed by atoms with van der Waals surface area (Å²) in [6.45, 7) is 5.87. The molecule has 2 heterocycles. The third kappa shape index (κ3) is 5.21. The molecule has 1 N–H and O–H groups in total. The van der Waals surface area contributed by atoms with Crippen molar-refractivity contribution in [3.05, 3.63) is 29.1 Å². The number of carbonyl (C=O) groups excluding carboxylic acids is 2. The lowest BCUT2D eigenvalue weighted by Crippen LogP contribution is -2.46. The van der Waals surface area contributed by atoms with E-state index in [4.69, 9.17) is 0 Å². The number of carbonyl (C=O) groups is 2. The zero-order valence-electron chi connectivity index (χ0n) is 13.9. The fourth-order valence-electron chi connectivity index (χ4n) is 2.03. The van der Waals surface area contributed by atoms with Crippen LogP contribution in [0.15, 0.2) is 29.1 Å². The van der Waals surface area contributed by atoms with E-state index in [0.29, 0.717) is 0 Å². The van der Waals surface area contributed by atoms with Crippen molar-refractivity contribution in [2.24, 2.45) is 0 Å². The Morgan fingerprint density at radius 1 is 1.35 bits per heavy atom. The average Bonchev–Trinajstić information content (AvgIpc) is 3.05. The van der Waals surface area contributed by atoms with Gasteiger partial charge in [0.15, 0.2) is 0 Å². The summed E-state index contributed by atoms with van der Waals surface area (Å²) in [7, 11) is 1.62. The van der Waals surface area contributed by atoms with E-state index >= 15 is 0 Å². The topological polar surface area (TPSA) is 67.2 Å². The Balaban J connectivity index is 1.90. The average molecular weight is 334 g/mol. The van der Waals surface area contributed by atoms with Crippen LogP contribution in [0.1, 0.15) is 20.8 Å². The summed E-state index contributed by atoms with van der Waals surface area (Å²) in [5.41, 5.74) is 1.57. The fourth-order valence-corrected chi connectivity index (χ4v) is 2.68. The van der Waals surface area contributed by atoms with Gasteiger partial charge in [-0.2, -0.15) is 16.4 Å². The predicted octanol–water partition coefficient (Wildman–Crippen LogP) is 1.98. The van der Waals surface area contributed by atoms with Crippen LogP contribution in [-0.2, 0) is 16.1 Å².